The molecular weight excluding hydrogens is 263 g/mol. The summed E-state index contributed by atoms with van der Waals surface area (Å²) in [6, 6.07) is 3.99. The molecule has 0 heterocycles. The maximum absolute atomic E-state index is 12.1. The van der Waals surface area contributed by atoms with Gasteiger partial charge in [0.1, 0.15) is 0 Å². The number of halogens is 3. The van der Waals surface area contributed by atoms with Gasteiger partial charge in [0.05, 0.1) is 6.42 Å². The predicted octanol–water partition coefficient (Wildman–Crippen LogP) is 3.35. The molecule has 1 N–H and O–H groups in total. The number of nitrogens with one attached hydrogen (secondary N) is 1. The predicted molar refractivity (Wildman–Crippen MR) is 66.0 cm³/mol. The number of amides is 1. The highest BCUT2D eigenvalue weighted by atomic mass is 32.1. The van der Waals surface area contributed by atoms with Gasteiger partial charge < -0.3 is 5.32 Å². The molecule has 0 spiro atoms. The number of alkyl halides is 3. The van der Waals surface area contributed by atoms with Crippen LogP contribution in [0, 0.1) is 6.92 Å². The quantitative estimate of drug-likeness (QED) is 0.815. The van der Waals surface area contributed by atoms with Crippen LogP contribution in [0.4, 0.5) is 13.2 Å². The van der Waals surface area contributed by atoms with Gasteiger partial charge in [-0.25, -0.2) is 0 Å². The molecule has 0 aromatic heterocycles. The minimum atomic E-state index is -4.28. The minimum Gasteiger partial charge on any atom is -0.349 e. The molecule has 1 aromatic rings. The van der Waals surface area contributed by atoms with Crippen molar-refractivity contribution in [3.05, 3.63) is 29.3 Å². The van der Waals surface area contributed by atoms with Gasteiger partial charge in [-0.05, 0) is 31.5 Å². The molecule has 6 heteroatoms. The summed E-state index contributed by atoms with van der Waals surface area (Å²) in [5.41, 5.74) is 1.04. The highest BCUT2D eigenvalue weighted by molar-refractivity contribution is 7.80. The lowest BCUT2D eigenvalue weighted by atomic mass is 10.1. The van der Waals surface area contributed by atoms with Gasteiger partial charge in [-0.2, -0.15) is 13.2 Å². The fourth-order valence-corrected chi connectivity index (χ4v) is 1.76. The number of hydrogen-bond donors (Lipinski definition) is 2. The molecule has 0 radical (unpaired) electrons. The summed E-state index contributed by atoms with van der Waals surface area (Å²) in [6.45, 7) is 3.04. The lowest BCUT2D eigenvalue weighted by Crippen LogP contribution is -2.36. The number of thiol groups is 1. The third-order valence-corrected chi connectivity index (χ3v) is 2.66. The summed E-state index contributed by atoms with van der Waals surface area (Å²) in [4.78, 5) is 12.4. The van der Waals surface area contributed by atoms with E-state index in [9.17, 15) is 18.0 Å². The summed E-state index contributed by atoms with van der Waals surface area (Å²) < 4.78 is 36.4. The van der Waals surface area contributed by atoms with Crippen LogP contribution < -0.4 is 5.32 Å². The van der Waals surface area contributed by atoms with E-state index in [2.05, 4.69) is 17.9 Å². The van der Waals surface area contributed by atoms with E-state index >= 15 is 0 Å². The van der Waals surface area contributed by atoms with E-state index in [1.165, 1.54) is 13.0 Å². The molecule has 100 valence electrons. The van der Waals surface area contributed by atoms with Crippen LogP contribution in [0.1, 0.15) is 29.3 Å². The Labute approximate surface area is 109 Å². The first-order chi connectivity index (χ1) is 8.19. The number of aryl methyl sites for hydroxylation is 1. The summed E-state index contributed by atoms with van der Waals surface area (Å²) in [5, 5.41) is 2.33. The molecule has 0 aliphatic rings. The summed E-state index contributed by atoms with van der Waals surface area (Å²) in [7, 11) is 0. The third-order valence-electron chi connectivity index (χ3n) is 2.38. The molecule has 18 heavy (non-hydrogen) atoms. The van der Waals surface area contributed by atoms with Crippen LogP contribution in [0.5, 0.6) is 0 Å². The zero-order chi connectivity index (χ0) is 13.9. The molecule has 0 saturated carbocycles. The molecule has 1 amide bonds. The van der Waals surface area contributed by atoms with E-state index in [1.807, 2.05) is 0 Å². The van der Waals surface area contributed by atoms with Crippen molar-refractivity contribution < 1.29 is 18.0 Å². The Hall–Kier alpha value is -1.17. The summed E-state index contributed by atoms with van der Waals surface area (Å²) >= 11 is 4.10. The van der Waals surface area contributed by atoms with Crippen molar-refractivity contribution >= 4 is 18.5 Å². The average molecular weight is 277 g/mol. The molecule has 2 nitrogen and oxygen atoms in total. The molecular formula is C12H14F3NOS. The first-order valence-corrected chi connectivity index (χ1v) is 5.81. The van der Waals surface area contributed by atoms with Gasteiger partial charge in [0, 0.05) is 16.5 Å². The van der Waals surface area contributed by atoms with Crippen molar-refractivity contribution in [2.45, 2.75) is 37.4 Å². The first-order valence-electron chi connectivity index (χ1n) is 5.36. The Kier molecular flexibility index (Phi) is 4.67. The van der Waals surface area contributed by atoms with Crippen molar-refractivity contribution in [2.24, 2.45) is 0 Å². The summed E-state index contributed by atoms with van der Waals surface area (Å²) in [5.74, 6) is -0.514. The molecule has 0 aliphatic heterocycles. The van der Waals surface area contributed by atoms with Crippen LogP contribution in [0.2, 0.25) is 0 Å². The monoisotopic (exact) mass is 277 g/mol. The van der Waals surface area contributed by atoms with Crippen molar-refractivity contribution in [3.63, 3.8) is 0 Å². The number of carbonyl (C=O) groups excluding carboxylic acids is 1. The number of hydrogen-bond acceptors (Lipinski definition) is 2. The van der Waals surface area contributed by atoms with Gasteiger partial charge >= 0.3 is 6.18 Å². The van der Waals surface area contributed by atoms with Crippen LogP contribution in [0.3, 0.4) is 0 Å². The smallest absolute Gasteiger partial charge is 0.349 e. The Morgan fingerprint density at radius 1 is 1.44 bits per heavy atom. The van der Waals surface area contributed by atoms with Gasteiger partial charge in [-0.1, -0.05) is 6.07 Å². The van der Waals surface area contributed by atoms with Crippen LogP contribution in [-0.2, 0) is 0 Å². The van der Waals surface area contributed by atoms with Crippen molar-refractivity contribution in [3.8, 4) is 0 Å². The minimum absolute atomic E-state index is 0.344. The van der Waals surface area contributed by atoms with E-state index < -0.39 is 24.5 Å². The molecule has 0 aliphatic carbocycles. The standard InChI is InChI=1S/C12H14F3NOS/c1-7-3-4-9(18)5-10(7)11(17)16-8(2)6-12(13,14)15/h3-5,8,18H,6H2,1-2H3,(H,16,17). The Morgan fingerprint density at radius 2 is 2.06 bits per heavy atom. The van der Waals surface area contributed by atoms with E-state index in [1.54, 1.807) is 19.1 Å². The van der Waals surface area contributed by atoms with Crippen LogP contribution in [0.15, 0.2) is 23.1 Å². The van der Waals surface area contributed by atoms with Crippen molar-refractivity contribution in [1.29, 1.82) is 0 Å². The second-order valence-corrected chi connectivity index (χ2v) is 4.71. The Balaban J connectivity index is 2.74. The normalized spacial score (nSPS) is 13.2. The molecule has 1 atom stereocenters. The zero-order valence-corrected chi connectivity index (χ0v) is 10.9. The Morgan fingerprint density at radius 3 is 2.61 bits per heavy atom. The first kappa shape index (κ1) is 14.9. The highest BCUT2D eigenvalue weighted by Crippen LogP contribution is 2.21. The lowest BCUT2D eigenvalue weighted by Gasteiger charge is -2.16. The number of rotatable bonds is 3. The zero-order valence-electron chi connectivity index (χ0n) is 10.0. The van der Waals surface area contributed by atoms with Crippen LogP contribution in [-0.4, -0.2) is 18.1 Å². The van der Waals surface area contributed by atoms with E-state index in [4.69, 9.17) is 0 Å². The van der Waals surface area contributed by atoms with Crippen LogP contribution >= 0.6 is 12.6 Å². The van der Waals surface area contributed by atoms with Gasteiger partial charge in [0.25, 0.3) is 5.91 Å². The fraction of sp³-hybridized carbons (Fsp3) is 0.417. The van der Waals surface area contributed by atoms with E-state index in [0.717, 1.165) is 0 Å². The molecule has 1 unspecified atom stereocenters. The highest BCUT2D eigenvalue weighted by Gasteiger charge is 2.30. The van der Waals surface area contributed by atoms with Gasteiger partial charge in [-0.3, -0.25) is 4.79 Å². The second kappa shape index (κ2) is 5.65. The Bertz CT molecular complexity index is 445. The number of carbonyl (C=O) groups is 1. The van der Waals surface area contributed by atoms with Gasteiger partial charge in [0.2, 0.25) is 0 Å². The van der Waals surface area contributed by atoms with Gasteiger partial charge in [0.15, 0.2) is 0 Å². The fourth-order valence-electron chi connectivity index (χ4n) is 1.55. The molecule has 0 fully saturated rings. The molecule has 0 bridgehead atoms. The van der Waals surface area contributed by atoms with E-state index in [-0.39, 0.29) is 0 Å². The third kappa shape index (κ3) is 4.60. The van der Waals surface area contributed by atoms with Crippen molar-refractivity contribution in [2.75, 3.05) is 0 Å². The maximum atomic E-state index is 12.1. The molecule has 1 aromatic carbocycles. The average Bonchev–Trinajstić information content (AvgIpc) is 2.18. The van der Waals surface area contributed by atoms with Crippen LogP contribution in [0.25, 0.3) is 0 Å². The SMILES string of the molecule is Cc1ccc(S)cc1C(=O)NC(C)CC(F)(F)F. The number of benzene rings is 1. The van der Waals surface area contributed by atoms with Gasteiger partial charge in [-0.15, -0.1) is 12.6 Å². The maximum Gasteiger partial charge on any atom is 0.391 e. The second-order valence-electron chi connectivity index (χ2n) is 4.19. The molecule has 0 saturated heterocycles. The van der Waals surface area contributed by atoms with Crippen molar-refractivity contribution in [1.82, 2.24) is 5.32 Å². The molecule has 1 rings (SSSR count). The largest absolute Gasteiger partial charge is 0.391 e. The topological polar surface area (TPSA) is 29.1 Å². The van der Waals surface area contributed by atoms with E-state index in [0.29, 0.717) is 16.0 Å². The summed E-state index contributed by atoms with van der Waals surface area (Å²) in [6.07, 6.45) is -5.33. The lowest BCUT2D eigenvalue weighted by molar-refractivity contribution is -0.138.